The minimum atomic E-state index is 0.711. The maximum Gasteiger partial charge on any atom is 0.0368 e. The molecule has 1 heterocycles. The Morgan fingerprint density at radius 1 is 1.16 bits per heavy atom. The number of nitrogens with zero attached hydrogens (tertiary/aromatic N) is 1. The third kappa shape index (κ3) is 4.24. The second kappa shape index (κ2) is 6.95. The van der Waals surface area contributed by atoms with Crippen LogP contribution in [0.15, 0.2) is 24.3 Å². The standard InChI is InChI=1S/C17H28N2/c1-14(2)10-13-19(17-8-11-18-12-9-17)16-6-4-15(3)5-7-16/h4-7,14,17-18H,8-13H2,1-3H3. The molecule has 106 valence electrons. The second-order valence-corrected chi connectivity index (χ2v) is 6.19. The Hall–Kier alpha value is -1.02. The summed E-state index contributed by atoms with van der Waals surface area (Å²) in [7, 11) is 0. The van der Waals surface area contributed by atoms with E-state index in [0.717, 1.165) is 19.0 Å². The number of benzene rings is 1. The topological polar surface area (TPSA) is 15.3 Å². The normalized spacial score (nSPS) is 16.8. The first-order valence-corrected chi connectivity index (χ1v) is 7.71. The average molecular weight is 260 g/mol. The van der Waals surface area contributed by atoms with Crippen molar-refractivity contribution in [3.63, 3.8) is 0 Å². The molecule has 2 nitrogen and oxygen atoms in total. The van der Waals surface area contributed by atoms with E-state index in [1.54, 1.807) is 0 Å². The van der Waals surface area contributed by atoms with Crippen LogP contribution in [-0.2, 0) is 0 Å². The number of hydrogen-bond donors (Lipinski definition) is 1. The molecule has 1 aromatic rings. The molecule has 1 aliphatic rings. The molecule has 2 rings (SSSR count). The Kier molecular flexibility index (Phi) is 5.26. The van der Waals surface area contributed by atoms with Crippen LogP contribution >= 0.6 is 0 Å². The van der Waals surface area contributed by atoms with E-state index in [0.29, 0.717) is 6.04 Å². The van der Waals surface area contributed by atoms with Gasteiger partial charge in [0.05, 0.1) is 0 Å². The zero-order valence-corrected chi connectivity index (χ0v) is 12.7. The van der Waals surface area contributed by atoms with Gasteiger partial charge in [-0.05, 0) is 57.3 Å². The summed E-state index contributed by atoms with van der Waals surface area (Å²) in [5, 5.41) is 3.47. The van der Waals surface area contributed by atoms with Crippen molar-refractivity contribution < 1.29 is 0 Å². The van der Waals surface area contributed by atoms with Crippen LogP contribution in [-0.4, -0.2) is 25.7 Å². The first-order chi connectivity index (χ1) is 9.16. The molecule has 0 bridgehead atoms. The molecule has 0 atom stereocenters. The van der Waals surface area contributed by atoms with Gasteiger partial charge in [0.2, 0.25) is 0 Å². The van der Waals surface area contributed by atoms with Gasteiger partial charge in [-0.15, -0.1) is 0 Å². The van der Waals surface area contributed by atoms with Crippen LogP contribution in [0.5, 0.6) is 0 Å². The fraction of sp³-hybridized carbons (Fsp3) is 0.647. The summed E-state index contributed by atoms with van der Waals surface area (Å²) in [4.78, 5) is 2.64. The van der Waals surface area contributed by atoms with Gasteiger partial charge in [0.25, 0.3) is 0 Å². The van der Waals surface area contributed by atoms with Crippen molar-refractivity contribution in [1.29, 1.82) is 0 Å². The first kappa shape index (κ1) is 14.4. The molecule has 1 aromatic carbocycles. The highest BCUT2D eigenvalue weighted by Crippen LogP contribution is 2.23. The van der Waals surface area contributed by atoms with Crippen molar-refractivity contribution in [2.45, 2.75) is 46.1 Å². The quantitative estimate of drug-likeness (QED) is 0.870. The van der Waals surface area contributed by atoms with Crippen LogP contribution in [0.3, 0.4) is 0 Å². The molecule has 0 spiro atoms. The molecular formula is C17H28N2. The van der Waals surface area contributed by atoms with E-state index in [-0.39, 0.29) is 0 Å². The Labute approximate surface area is 118 Å². The average Bonchev–Trinajstić information content (AvgIpc) is 2.42. The maximum absolute atomic E-state index is 3.47. The molecule has 19 heavy (non-hydrogen) atoms. The van der Waals surface area contributed by atoms with Crippen molar-refractivity contribution in [1.82, 2.24) is 5.32 Å². The third-order valence-corrected chi connectivity index (χ3v) is 4.06. The molecule has 0 aromatic heterocycles. The predicted molar refractivity (Wildman–Crippen MR) is 83.9 cm³/mol. The SMILES string of the molecule is Cc1ccc(N(CCC(C)C)C2CCNCC2)cc1. The Balaban J connectivity index is 2.10. The molecule has 1 fully saturated rings. The maximum atomic E-state index is 3.47. The molecule has 0 unspecified atom stereocenters. The van der Waals surface area contributed by atoms with E-state index in [1.165, 1.54) is 37.1 Å². The lowest BCUT2D eigenvalue weighted by molar-refractivity contribution is 0.418. The van der Waals surface area contributed by atoms with Crippen LogP contribution in [0.1, 0.15) is 38.7 Å². The molecule has 0 saturated carbocycles. The highest BCUT2D eigenvalue weighted by Gasteiger charge is 2.21. The highest BCUT2D eigenvalue weighted by molar-refractivity contribution is 5.48. The van der Waals surface area contributed by atoms with Crippen LogP contribution < -0.4 is 10.2 Å². The van der Waals surface area contributed by atoms with E-state index >= 15 is 0 Å². The minimum Gasteiger partial charge on any atom is -0.368 e. The highest BCUT2D eigenvalue weighted by atomic mass is 15.2. The number of piperidine rings is 1. The summed E-state index contributed by atoms with van der Waals surface area (Å²) in [6.07, 6.45) is 3.82. The summed E-state index contributed by atoms with van der Waals surface area (Å²) in [5.41, 5.74) is 2.75. The van der Waals surface area contributed by atoms with E-state index in [1.807, 2.05) is 0 Å². The van der Waals surface area contributed by atoms with Gasteiger partial charge < -0.3 is 10.2 Å². The zero-order chi connectivity index (χ0) is 13.7. The van der Waals surface area contributed by atoms with Crippen molar-refractivity contribution in [2.24, 2.45) is 5.92 Å². The van der Waals surface area contributed by atoms with E-state index in [2.05, 4.69) is 55.3 Å². The molecule has 2 heteroatoms. The second-order valence-electron chi connectivity index (χ2n) is 6.19. The van der Waals surface area contributed by atoms with Gasteiger partial charge in [-0.1, -0.05) is 31.5 Å². The predicted octanol–water partition coefficient (Wildman–Crippen LogP) is 3.60. The zero-order valence-electron chi connectivity index (χ0n) is 12.7. The number of anilines is 1. The molecule has 0 radical (unpaired) electrons. The summed E-state index contributed by atoms with van der Waals surface area (Å²) in [6.45, 7) is 10.3. The van der Waals surface area contributed by atoms with Gasteiger partial charge in [0, 0.05) is 18.3 Å². The van der Waals surface area contributed by atoms with Gasteiger partial charge in [0.1, 0.15) is 0 Å². The molecule has 0 amide bonds. The number of aryl methyl sites for hydroxylation is 1. The van der Waals surface area contributed by atoms with Gasteiger partial charge in [0.15, 0.2) is 0 Å². The largest absolute Gasteiger partial charge is 0.368 e. The van der Waals surface area contributed by atoms with Crippen molar-refractivity contribution >= 4 is 5.69 Å². The summed E-state index contributed by atoms with van der Waals surface area (Å²) in [5.74, 6) is 0.773. The molecule has 1 N–H and O–H groups in total. The number of rotatable bonds is 5. The van der Waals surface area contributed by atoms with Crippen molar-refractivity contribution in [3.05, 3.63) is 29.8 Å². The van der Waals surface area contributed by atoms with Crippen LogP contribution in [0, 0.1) is 12.8 Å². The smallest absolute Gasteiger partial charge is 0.0368 e. The van der Waals surface area contributed by atoms with Gasteiger partial charge in [-0.25, -0.2) is 0 Å². The summed E-state index contributed by atoms with van der Waals surface area (Å²) < 4.78 is 0. The van der Waals surface area contributed by atoms with E-state index < -0.39 is 0 Å². The Morgan fingerprint density at radius 2 is 1.79 bits per heavy atom. The van der Waals surface area contributed by atoms with E-state index in [4.69, 9.17) is 0 Å². The molecule has 1 aliphatic heterocycles. The fourth-order valence-corrected chi connectivity index (χ4v) is 2.77. The van der Waals surface area contributed by atoms with Crippen LogP contribution in [0.4, 0.5) is 5.69 Å². The third-order valence-electron chi connectivity index (χ3n) is 4.06. The first-order valence-electron chi connectivity index (χ1n) is 7.71. The fourth-order valence-electron chi connectivity index (χ4n) is 2.77. The minimum absolute atomic E-state index is 0.711. The van der Waals surface area contributed by atoms with Crippen LogP contribution in [0.2, 0.25) is 0 Å². The Morgan fingerprint density at radius 3 is 2.37 bits per heavy atom. The van der Waals surface area contributed by atoms with Crippen molar-refractivity contribution in [2.75, 3.05) is 24.5 Å². The Bertz CT molecular complexity index is 363. The van der Waals surface area contributed by atoms with E-state index in [9.17, 15) is 0 Å². The molecule has 0 aliphatic carbocycles. The van der Waals surface area contributed by atoms with Crippen LogP contribution in [0.25, 0.3) is 0 Å². The summed E-state index contributed by atoms with van der Waals surface area (Å²) in [6, 6.07) is 9.76. The lowest BCUT2D eigenvalue weighted by Gasteiger charge is -2.37. The number of nitrogens with one attached hydrogen (secondary N) is 1. The van der Waals surface area contributed by atoms with Gasteiger partial charge in [-0.2, -0.15) is 0 Å². The van der Waals surface area contributed by atoms with Gasteiger partial charge in [-0.3, -0.25) is 0 Å². The lowest BCUT2D eigenvalue weighted by atomic mass is 10.0. The summed E-state index contributed by atoms with van der Waals surface area (Å²) >= 11 is 0. The van der Waals surface area contributed by atoms with Gasteiger partial charge >= 0.3 is 0 Å². The molecule has 1 saturated heterocycles. The lowest BCUT2D eigenvalue weighted by Crippen LogP contribution is -2.44. The monoisotopic (exact) mass is 260 g/mol. The molecular weight excluding hydrogens is 232 g/mol. The van der Waals surface area contributed by atoms with Crippen molar-refractivity contribution in [3.8, 4) is 0 Å². The number of hydrogen-bond acceptors (Lipinski definition) is 2.